The van der Waals surface area contributed by atoms with Crippen molar-refractivity contribution in [1.29, 1.82) is 0 Å². The number of hydrogen-bond donors (Lipinski definition) is 1. The summed E-state index contributed by atoms with van der Waals surface area (Å²) in [7, 11) is -3.91. The zero-order chi connectivity index (χ0) is 17.3. The average molecular weight is 380 g/mol. The fourth-order valence-electron chi connectivity index (χ4n) is 2.27. The lowest BCUT2D eigenvalue weighted by Gasteiger charge is -2.07. The van der Waals surface area contributed by atoms with Crippen LogP contribution in [0.5, 0.6) is 0 Å². The van der Waals surface area contributed by atoms with Crippen LogP contribution in [0, 0.1) is 0 Å². The Bertz CT molecular complexity index is 1010. The van der Waals surface area contributed by atoms with Gasteiger partial charge < -0.3 is 4.98 Å². The number of benzene rings is 2. The topological polar surface area (TPSA) is 67.0 Å². The molecule has 0 radical (unpaired) electrons. The fourth-order valence-corrected chi connectivity index (χ4v) is 4.07. The summed E-state index contributed by atoms with van der Waals surface area (Å²) >= 11 is 11.7. The van der Waals surface area contributed by atoms with Gasteiger partial charge in [-0.25, -0.2) is 8.42 Å². The first-order chi connectivity index (χ1) is 11.4. The molecule has 4 nitrogen and oxygen atoms in total. The maximum absolute atomic E-state index is 12.8. The van der Waals surface area contributed by atoms with Crippen molar-refractivity contribution in [3.8, 4) is 0 Å². The summed E-state index contributed by atoms with van der Waals surface area (Å²) in [6, 6.07) is 12.5. The Kier molecular flexibility index (Phi) is 4.49. The van der Waals surface area contributed by atoms with Gasteiger partial charge in [-0.1, -0.05) is 53.5 Å². The molecule has 0 atom stereocenters. The molecule has 0 aliphatic heterocycles. The van der Waals surface area contributed by atoms with Crippen molar-refractivity contribution >= 4 is 38.8 Å². The van der Waals surface area contributed by atoms with Gasteiger partial charge in [0.05, 0.1) is 20.5 Å². The molecule has 0 saturated heterocycles. The van der Waals surface area contributed by atoms with Crippen molar-refractivity contribution in [2.75, 3.05) is 0 Å². The number of H-pyrrole nitrogens is 1. The number of carbonyl (C=O) groups excluding carboxylic acids is 1. The molecule has 0 amide bonds. The molecule has 0 saturated carbocycles. The third kappa shape index (κ3) is 2.98. The molecule has 0 aliphatic carbocycles. The van der Waals surface area contributed by atoms with E-state index in [4.69, 9.17) is 23.2 Å². The number of aromatic amines is 1. The molecule has 3 aromatic rings. The zero-order valence-electron chi connectivity index (χ0n) is 12.2. The van der Waals surface area contributed by atoms with Gasteiger partial charge in [-0.15, -0.1) is 0 Å². The van der Waals surface area contributed by atoms with E-state index in [0.717, 1.165) is 0 Å². The lowest BCUT2D eigenvalue weighted by molar-refractivity contribution is 0.103. The summed E-state index contributed by atoms with van der Waals surface area (Å²) in [6.45, 7) is 0. The summed E-state index contributed by atoms with van der Waals surface area (Å²) in [5.41, 5.74) is 0.481. The third-order valence-electron chi connectivity index (χ3n) is 3.48. The summed E-state index contributed by atoms with van der Waals surface area (Å²) in [6.07, 6.45) is 2.66. The average Bonchev–Trinajstić information content (AvgIpc) is 3.08. The lowest BCUT2D eigenvalue weighted by Crippen LogP contribution is -2.08. The Labute approximate surface area is 149 Å². The minimum atomic E-state index is -3.91. The smallest absolute Gasteiger partial charge is 0.208 e. The van der Waals surface area contributed by atoms with Crippen molar-refractivity contribution < 1.29 is 13.2 Å². The monoisotopic (exact) mass is 379 g/mol. The lowest BCUT2D eigenvalue weighted by atomic mass is 10.1. The molecule has 24 heavy (non-hydrogen) atoms. The highest BCUT2D eigenvalue weighted by atomic mass is 35.5. The summed E-state index contributed by atoms with van der Waals surface area (Å²) in [4.78, 5) is 15.2. The van der Waals surface area contributed by atoms with E-state index in [1.54, 1.807) is 30.3 Å². The zero-order valence-corrected chi connectivity index (χ0v) is 14.5. The number of halogens is 2. The minimum absolute atomic E-state index is 0.0291. The Hall–Kier alpha value is -2.08. The highest BCUT2D eigenvalue weighted by molar-refractivity contribution is 7.91. The van der Waals surface area contributed by atoms with E-state index in [1.807, 2.05) is 0 Å². The Morgan fingerprint density at radius 1 is 0.917 bits per heavy atom. The maximum atomic E-state index is 12.8. The summed E-state index contributed by atoms with van der Waals surface area (Å²) in [5.74, 6) is -0.379. The Morgan fingerprint density at radius 2 is 1.62 bits per heavy atom. The van der Waals surface area contributed by atoms with E-state index < -0.39 is 9.84 Å². The fraction of sp³-hybridized carbons (Fsp3) is 0. The van der Waals surface area contributed by atoms with Crippen LogP contribution in [0.1, 0.15) is 15.9 Å². The van der Waals surface area contributed by atoms with Crippen molar-refractivity contribution in [1.82, 2.24) is 4.98 Å². The minimum Gasteiger partial charge on any atom is -0.366 e. The number of hydrogen-bond acceptors (Lipinski definition) is 3. The molecule has 2 aromatic carbocycles. The predicted octanol–water partition coefficient (Wildman–Crippen LogP) is 4.39. The number of sulfone groups is 1. The van der Waals surface area contributed by atoms with E-state index in [9.17, 15) is 13.2 Å². The second-order valence-electron chi connectivity index (χ2n) is 5.01. The largest absolute Gasteiger partial charge is 0.366 e. The second-order valence-corrected chi connectivity index (χ2v) is 7.74. The Balaban J connectivity index is 2.09. The van der Waals surface area contributed by atoms with Gasteiger partial charge >= 0.3 is 0 Å². The molecular weight excluding hydrogens is 369 g/mol. The van der Waals surface area contributed by atoms with Gasteiger partial charge in [0.1, 0.15) is 4.90 Å². The molecule has 1 heterocycles. The van der Waals surface area contributed by atoms with Crippen LogP contribution in [0.15, 0.2) is 70.7 Å². The highest BCUT2D eigenvalue weighted by Crippen LogP contribution is 2.30. The maximum Gasteiger partial charge on any atom is 0.208 e. The molecule has 0 aliphatic rings. The number of ketones is 1. The molecule has 122 valence electrons. The molecular formula is C17H11Cl2NO3S. The number of carbonyl (C=O) groups is 1. The summed E-state index contributed by atoms with van der Waals surface area (Å²) < 4.78 is 25.7. The summed E-state index contributed by atoms with van der Waals surface area (Å²) in [5, 5.41) is 0.384. The standard InChI is InChI=1S/C17H11Cl2NO3S/c18-14-7-6-12(8-15(14)19)24(22,23)16-10-20-9-13(16)17(21)11-4-2-1-3-5-11/h1-10,20H. The Morgan fingerprint density at radius 3 is 2.29 bits per heavy atom. The molecule has 7 heteroatoms. The van der Waals surface area contributed by atoms with Crippen LogP contribution in [0.2, 0.25) is 10.0 Å². The number of aromatic nitrogens is 1. The molecule has 0 spiro atoms. The van der Waals surface area contributed by atoms with Gasteiger partial charge in [0.15, 0.2) is 5.78 Å². The first-order valence-corrected chi connectivity index (χ1v) is 9.12. The van der Waals surface area contributed by atoms with Crippen molar-refractivity contribution in [3.63, 3.8) is 0 Å². The van der Waals surface area contributed by atoms with Gasteiger partial charge in [0, 0.05) is 18.0 Å². The van der Waals surface area contributed by atoms with Crippen molar-refractivity contribution in [2.45, 2.75) is 9.79 Å². The molecule has 1 aromatic heterocycles. The number of nitrogens with one attached hydrogen (secondary N) is 1. The molecule has 0 unspecified atom stereocenters. The van der Waals surface area contributed by atoms with Crippen LogP contribution in [-0.2, 0) is 9.84 Å². The van der Waals surface area contributed by atoms with Crippen LogP contribution in [0.4, 0.5) is 0 Å². The first-order valence-electron chi connectivity index (χ1n) is 6.88. The number of rotatable bonds is 4. The normalized spacial score (nSPS) is 11.4. The van der Waals surface area contributed by atoms with Gasteiger partial charge in [-0.05, 0) is 18.2 Å². The van der Waals surface area contributed by atoms with Crippen LogP contribution in [0.25, 0.3) is 0 Å². The SMILES string of the molecule is O=C(c1ccccc1)c1c[nH]cc1S(=O)(=O)c1ccc(Cl)c(Cl)c1. The third-order valence-corrected chi connectivity index (χ3v) is 6.01. The highest BCUT2D eigenvalue weighted by Gasteiger charge is 2.26. The van der Waals surface area contributed by atoms with Crippen LogP contribution in [0.3, 0.4) is 0 Å². The van der Waals surface area contributed by atoms with E-state index in [0.29, 0.717) is 5.56 Å². The predicted molar refractivity (Wildman–Crippen MR) is 92.6 cm³/mol. The van der Waals surface area contributed by atoms with Crippen LogP contribution >= 0.6 is 23.2 Å². The van der Waals surface area contributed by atoms with E-state index in [-0.39, 0.29) is 31.2 Å². The van der Waals surface area contributed by atoms with E-state index in [2.05, 4.69) is 4.98 Å². The van der Waals surface area contributed by atoms with Gasteiger partial charge in [-0.3, -0.25) is 4.79 Å². The molecule has 0 fully saturated rings. The van der Waals surface area contributed by atoms with Crippen molar-refractivity contribution in [2.24, 2.45) is 0 Å². The van der Waals surface area contributed by atoms with Crippen LogP contribution < -0.4 is 0 Å². The van der Waals surface area contributed by atoms with Gasteiger partial charge in [0.2, 0.25) is 9.84 Å². The van der Waals surface area contributed by atoms with E-state index >= 15 is 0 Å². The molecule has 1 N–H and O–H groups in total. The van der Waals surface area contributed by atoms with Crippen LogP contribution in [-0.4, -0.2) is 19.2 Å². The van der Waals surface area contributed by atoms with Gasteiger partial charge in [0.25, 0.3) is 0 Å². The van der Waals surface area contributed by atoms with Crippen molar-refractivity contribution in [3.05, 3.63) is 82.1 Å². The molecule has 0 bridgehead atoms. The quantitative estimate of drug-likeness (QED) is 0.683. The van der Waals surface area contributed by atoms with E-state index in [1.165, 1.54) is 30.6 Å². The van der Waals surface area contributed by atoms with Gasteiger partial charge in [-0.2, -0.15) is 0 Å². The second kappa shape index (κ2) is 6.43. The first kappa shape index (κ1) is 16.8. The molecule has 3 rings (SSSR count).